The summed E-state index contributed by atoms with van der Waals surface area (Å²) >= 11 is 0. The summed E-state index contributed by atoms with van der Waals surface area (Å²) in [6.45, 7) is 1.33. The van der Waals surface area contributed by atoms with Crippen molar-refractivity contribution >= 4 is 39.1 Å². The van der Waals surface area contributed by atoms with Crippen molar-refractivity contribution in [3.8, 4) is 5.75 Å². The molecule has 0 radical (unpaired) electrons. The van der Waals surface area contributed by atoms with E-state index in [-0.39, 0.29) is 28.5 Å². The van der Waals surface area contributed by atoms with Crippen LogP contribution in [0.4, 0.5) is 11.4 Å². The molecule has 0 saturated carbocycles. The molecule has 1 heterocycles. The summed E-state index contributed by atoms with van der Waals surface area (Å²) in [5, 5.41) is 2.62. The smallest absolute Gasteiger partial charge is 0.338 e. The second kappa shape index (κ2) is 9.59. The van der Waals surface area contributed by atoms with Crippen LogP contribution >= 0.6 is 0 Å². The number of hydrogen-bond donors (Lipinski definition) is 1. The Morgan fingerprint density at radius 3 is 2.34 bits per heavy atom. The van der Waals surface area contributed by atoms with Crippen LogP contribution in [0.3, 0.4) is 0 Å². The zero-order chi connectivity index (χ0) is 25.2. The van der Waals surface area contributed by atoms with E-state index < -0.39 is 27.9 Å². The lowest BCUT2D eigenvalue weighted by Gasteiger charge is -2.20. The highest BCUT2D eigenvalue weighted by atomic mass is 32.2. The highest BCUT2D eigenvalue weighted by Gasteiger charge is 2.25. The Kier molecular flexibility index (Phi) is 6.57. The number of ether oxygens (including phenoxy) is 2. The number of para-hydroxylation sites is 1. The molecule has 0 bridgehead atoms. The van der Waals surface area contributed by atoms with Crippen molar-refractivity contribution in [2.24, 2.45) is 0 Å². The van der Waals surface area contributed by atoms with Crippen molar-refractivity contribution in [2.45, 2.75) is 17.9 Å². The fourth-order valence-electron chi connectivity index (χ4n) is 3.45. The van der Waals surface area contributed by atoms with Gasteiger partial charge in [-0.1, -0.05) is 18.2 Å². The van der Waals surface area contributed by atoms with Crippen molar-refractivity contribution in [1.82, 2.24) is 0 Å². The molecule has 9 nitrogen and oxygen atoms in total. The Hall–Kier alpha value is -4.18. The van der Waals surface area contributed by atoms with Crippen LogP contribution in [0, 0.1) is 0 Å². The fraction of sp³-hybridized carbons (Fsp3) is 0.160. The number of rotatable bonds is 7. The highest BCUT2D eigenvalue weighted by Crippen LogP contribution is 2.29. The Morgan fingerprint density at radius 2 is 1.66 bits per heavy atom. The molecule has 180 valence electrons. The molecule has 0 spiro atoms. The first kappa shape index (κ1) is 24.0. The SMILES string of the molecule is CC(OC(=O)c1ccc(S(=O)(=O)N(C)c2ccccc2)cc1)C(=O)c1ccc2c(c1)NC(=O)CO2. The van der Waals surface area contributed by atoms with Crippen LogP contribution in [0.15, 0.2) is 77.7 Å². The van der Waals surface area contributed by atoms with Gasteiger partial charge in [0.05, 0.1) is 21.8 Å². The van der Waals surface area contributed by atoms with Crippen molar-refractivity contribution in [1.29, 1.82) is 0 Å². The zero-order valence-electron chi connectivity index (χ0n) is 18.9. The van der Waals surface area contributed by atoms with Gasteiger partial charge in [0.2, 0.25) is 5.78 Å². The van der Waals surface area contributed by atoms with Gasteiger partial charge in [-0.25, -0.2) is 13.2 Å². The molecule has 10 heteroatoms. The summed E-state index contributed by atoms with van der Waals surface area (Å²) in [5.41, 5.74) is 1.19. The van der Waals surface area contributed by atoms with Gasteiger partial charge in [-0.15, -0.1) is 0 Å². The topological polar surface area (TPSA) is 119 Å². The Bertz CT molecular complexity index is 1390. The summed E-state index contributed by atoms with van der Waals surface area (Å²) in [5.74, 6) is -1.13. The van der Waals surface area contributed by atoms with Gasteiger partial charge in [0.15, 0.2) is 12.7 Å². The van der Waals surface area contributed by atoms with Gasteiger partial charge < -0.3 is 14.8 Å². The van der Waals surface area contributed by atoms with Gasteiger partial charge in [-0.05, 0) is 61.5 Å². The van der Waals surface area contributed by atoms with E-state index in [2.05, 4.69) is 5.32 Å². The quantitative estimate of drug-likeness (QED) is 0.395. The molecule has 0 aliphatic carbocycles. The lowest BCUT2D eigenvalue weighted by atomic mass is 10.1. The number of Topliss-reactive ketones (excluding diaryl/α,β-unsaturated/α-hetero) is 1. The number of carbonyl (C=O) groups is 3. The molecule has 1 atom stereocenters. The molecule has 1 unspecified atom stereocenters. The maximum atomic E-state index is 12.9. The van der Waals surface area contributed by atoms with Crippen molar-refractivity contribution < 1.29 is 32.3 Å². The van der Waals surface area contributed by atoms with Gasteiger partial charge in [0.1, 0.15) is 5.75 Å². The van der Waals surface area contributed by atoms with E-state index in [1.54, 1.807) is 36.4 Å². The molecule has 1 N–H and O–H groups in total. The minimum Gasteiger partial charge on any atom is -0.482 e. The van der Waals surface area contributed by atoms with E-state index in [9.17, 15) is 22.8 Å². The molecule has 1 aliphatic heterocycles. The van der Waals surface area contributed by atoms with E-state index in [1.807, 2.05) is 0 Å². The number of esters is 1. The van der Waals surface area contributed by atoms with E-state index in [1.165, 1.54) is 50.4 Å². The maximum absolute atomic E-state index is 12.9. The van der Waals surface area contributed by atoms with Crippen molar-refractivity contribution in [2.75, 3.05) is 23.3 Å². The van der Waals surface area contributed by atoms with E-state index in [4.69, 9.17) is 9.47 Å². The predicted molar refractivity (Wildman–Crippen MR) is 128 cm³/mol. The molecule has 35 heavy (non-hydrogen) atoms. The minimum atomic E-state index is -3.83. The molecular formula is C25H22N2O7S. The average Bonchev–Trinajstić information content (AvgIpc) is 2.87. The van der Waals surface area contributed by atoms with E-state index in [0.717, 1.165) is 4.31 Å². The van der Waals surface area contributed by atoms with Gasteiger partial charge >= 0.3 is 5.97 Å². The summed E-state index contributed by atoms with van der Waals surface area (Å²) < 4.78 is 37.5. The third-order valence-electron chi connectivity index (χ3n) is 5.42. The van der Waals surface area contributed by atoms with Gasteiger partial charge in [0.25, 0.3) is 15.9 Å². The molecule has 4 rings (SSSR count). The molecule has 1 amide bonds. The lowest BCUT2D eigenvalue weighted by molar-refractivity contribution is -0.118. The number of amides is 1. The minimum absolute atomic E-state index is 0.00264. The molecule has 3 aromatic rings. The van der Waals surface area contributed by atoms with Crippen LogP contribution in [-0.4, -0.2) is 45.8 Å². The first-order valence-corrected chi connectivity index (χ1v) is 12.1. The van der Waals surface area contributed by atoms with E-state index >= 15 is 0 Å². The van der Waals surface area contributed by atoms with Gasteiger partial charge in [-0.2, -0.15) is 0 Å². The first-order chi connectivity index (χ1) is 16.7. The Labute approximate surface area is 202 Å². The summed E-state index contributed by atoms with van der Waals surface area (Å²) in [6, 6.07) is 18.4. The van der Waals surface area contributed by atoms with Crippen LogP contribution in [-0.2, 0) is 19.6 Å². The molecule has 0 saturated heterocycles. The average molecular weight is 495 g/mol. The van der Waals surface area contributed by atoms with Crippen molar-refractivity contribution in [3.63, 3.8) is 0 Å². The summed E-state index contributed by atoms with van der Waals surface area (Å²) in [7, 11) is -2.39. The normalized spacial score (nSPS) is 13.6. The zero-order valence-corrected chi connectivity index (χ0v) is 19.7. The first-order valence-electron chi connectivity index (χ1n) is 10.6. The molecular weight excluding hydrogens is 472 g/mol. The van der Waals surface area contributed by atoms with Crippen LogP contribution in [0.2, 0.25) is 0 Å². The number of benzene rings is 3. The maximum Gasteiger partial charge on any atom is 0.338 e. The number of nitrogens with one attached hydrogen (secondary N) is 1. The third kappa shape index (κ3) is 5.02. The fourth-order valence-corrected chi connectivity index (χ4v) is 4.65. The number of carbonyl (C=O) groups excluding carboxylic acids is 3. The number of nitrogens with zero attached hydrogens (tertiary/aromatic N) is 1. The number of anilines is 2. The van der Waals surface area contributed by atoms with Crippen LogP contribution in [0.1, 0.15) is 27.6 Å². The molecule has 3 aromatic carbocycles. The molecule has 0 aromatic heterocycles. The van der Waals surface area contributed by atoms with Crippen molar-refractivity contribution in [3.05, 3.63) is 83.9 Å². The van der Waals surface area contributed by atoms with Crippen LogP contribution in [0.5, 0.6) is 5.75 Å². The summed E-state index contributed by atoms with van der Waals surface area (Å²) in [6.07, 6.45) is -1.12. The lowest BCUT2D eigenvalue weighted by Crippen LogP contribution is -2.27. The van der Waals surface area contributed by atoms with Gasteiger partial charge in [-0.3, -0.25) is 13.9 Å². The molecule has 0 fully saturated rings. The molecule has 1 aliphatic rings. The highest BCUT2D eigenvalue weighted by molar-refractivity contribution is 7.92. The predicted octanol–water partition coefficient (Wildman–Crippen LogP) is 3.27. The van der Waals surface area contributed by atoms with Crippen LogP contribution in [0.25, 0.3) is 0 Å². The Morgan fingerprint density at radius 1 is 1.00 bits per heavy atom. The van der Waals surface area contributed by atoms with E-state index in [0.29, 0.717) is 17.1 Å². The number of fused-ring (bicyclic) bond motifs is 1. The third-order valence-corrected chi connectivity index (χ3v) is 7.22. The Balaban J connectivity index is 1.44. The second-order valence-corrected chi connectivity index (χ2v) is 9.76. The van der Waals surface area contributed by atoms with Gasteiger partial charge in [0, 0.05) is 12.6 Å². The largest absolute Gasteiger partial charge is 0.482 e. The van der Waals surface area contributed by atoms with Crippen LogP contribution < -0.4 is 14.4 Å². The number of sulfonamides is 1. The number of ketones is 1. The number of hydrogen-bond acceptors (Lipinski definition) is 7. The second-order valence-electron chi connectivity index (χ2n) is 7.79. The standard InChI is InChI=1S/C25H22N2O7S/c1-16(24(29)18-10-13-22-21(14-18)26-23(28)15-33-22)34-25(30)17-8-11-20(12-9-17)35(31,32)27(2)19-6-4-3-5-7-19/h3-14,16H,15H2,1-2H3,(H,26,28). The monoisotopic (exact) mass is 494 g/mol. The summed E-state index contributed by atoms with van der Waals surface area (Å²) in [4.78, 5) is 36.8.